The molecule has 0 bridgehead atoms. The maximum absolute atomic E-state index is 4.81. The van der Waals surface area contributed by atoms with Crippen molar-refractivity contribution in [2.45, 2.75) is 65.5 Å². The molecule has 26 heavy (non-hydrogen) atoms. The van der Waals surface area contributed by atoms with E-state index in [9.17, 15) is 0 Å². The zero-order chi connectivity index (χ0) is 18.4. The predicted octanol–water partition coefficient (Wildman–Crippen LogP) is 3.50. The van der Waals surface area contributed by atoms with Gasteiger partial charge in [-0.1, -0.05) is 19.3 Å². The van der Waals surface area contributed by atoms with Crippen LogP contribution >= 0.6 is 0 Å². The molecular weight excluding hydrogens is 324 g/mol. The van der Waals surface area contributed by atoms with Crippen LogP contribution in [0.4, 0.5) is 5.95 Å². The first-order valence-corrected chi connectivity index (χ1v) is 9.73. The van der Waals surface area contributed by atoms with Crippen molar-refractivity contribution in [1.29, 1.82) is 0 Å². The van der Waals surface area contributed by atoms with Gasteiger partial charge in [-0.25, -0.2) is 19.9 Å². The van der Waals surface area contributed by atoms with Crippen molar-refractivity contribution in [2.75, 3.05) is 18.0 Å². The van der Waals surface area contributed by atoms with Crippen LogP contribution in [0.5, 0.6) is 0 Å². The number of aromatic nitrogens is 4. The lowest BCUT2D eigenvalue weighted by Gasteiger charge is -2.25. The van der Waals surface area contributed by atoms with Gasteiger partial charge in [0.25, 0.3) is 0 Å². The van der Waals surface area contributed by atoms with Gasteiger partial charge in [-0.2, -0.15) is 0 Å². The number of hydrogen-bond acceptors (Lipinski definition) is 6. The Kier molecular flexibility index (Phi) is 6.50. The summed E-state index contributed by atoms with van der Waals surface area (Å²) in [6.07, 6.45) is 12.2. The highest BCUT2D eigenvalue weighted by molar-refractivity contribution is 5.34. The summed E-state index contributed by atoms with van der Waals surface area (Å²) in [5.74, 6) is 1.68. The van der Waals surface area contributed by atoms with Crippen LogP contribution in [-0.4, -0.2) is 33.0 Å². The summed E-state index contributed by atoms with van der Waals surface area (Å²) in [7, 11) is 0. The molecule has 0 amide bonds. The highest BCUT2D eigenvalue weighted by Crippen LogP contribution is 2.20. The molecule has 0 aromatic carbocycles. The maximum atomic E-state index is 4.81. The van der Waals surface area contributed by atoms with Gasteiger partial charge >= 0.3 is 0 Å². The number of nitrogens with zero attached hydrogens (tertiary/aromatic N) is 5. The molecule has 1 fully saturated rings. The van der Waals surface area contributed by atoms with E-state index in [-0.39, 0.29) is 6.04 Å². The first-order chi connectivity index (χ1) is 12.6. The molecule has 0 aliphatic carbocycles. The van der Waals surface area contributed by atoms with Crippen LogP contribution in [0.1, 0.15) is 67.7 Å². The molecule has 6 heteroatoms. The Morgan fingerprint density at radius 3 is 2.27 bits per heavy atom. The minimum Gasteiger partial charge on any atom is -0.341 e. The van der Waals surface area contributed by atoms with E-state index in [1.54, 1.807) is 0 Å². The van der Waals surface area contributed by atoms with Crippen LogP contribution in [0.2, 0.25) is 0 Å². The van der Waals surface area contributed by atoms with Crippen LogP contribution in [0.25, 0.3) is 0 Å². The van der Waals surface area contributed by atoms with Crippen LogP contribution in [0, 0.1) is 13.8 Å². The van der Waals surface area contributed by atoms with E-state index in [4.69, 9.17) is 4.98 Å². The zero-order valence-corrected chi connectivity index (χ0v) is 16.2. The van der Waals surface area contributed by atoms with Gasteiger partial charge in [-0.15, -0.1) is 0 Å². The second kappa shape index (κ2) is 9.03. The zero-order valence-electron chi connectivity index (χ0n) is 16.2. The lowest BCUT2D eigenvalue weighted by Crippen LogP contribution is -2.29. The van der Waals surface area contributed by atoms with Crippen molar-refractivity contribution in [1.82, 2.24) is 25.3 Å². The van der Waals surface area contributed by atoms with Crippen molar-refractivity contribution < 1.29 is 0 Å². The van der Waals surface area contributed by atoms with E-state index in [0.717, 1.165) is 48.2 Å². The van der Waals surface area contributed by atoms with Gasteiger partial charge in [-0.05, 0) is 33.6 Å². The average molecular weight is 355 g/mol. The lowest BCUT2D eigenvalue weighted by atomic mass is 10.1. The molecule has 1 atom stereocenters. The van der Waals surface area contributed by atoms with Gasteiger partial charge in [0.2, 0.25) is 5.95 Å². The van der Waals surface area contributed by atoms with E-state index in [1.165, 1.54) is 32.1 Å². The Labute approximate surface area is 156 Å². The molecule has 0 saturated carbocycles. The van der Waals surface area contributed by atoms with Gasteiger partial charge < -0.3 is 10.2 Å². The summed E-state index contributed by atoms with van der Waals surface area (Å²) < 4.78 is 0. The molecule has 0 unspecified atom stereocenters. The quantitative estimate of drug-likeness (QED) is 0.886. The van der Waals surface area contributed by atoms with Crippen LogP contribution in [-0.2, 0) is 6.54 Å². The normalized spacial score (nSPS) is 16.8. The molecule has 1 aliphatic rings. The third-order valence-corrected chi connectivity index (χ3v) is 5.06. The number of anilines is 1. The minimum absolute atomic E-state index is 0.178. The molecule has 1 aliphatic heterocycles. The minimum atomic E-state index is 0.178. The summed E-state index contributed by atoms with van der Waals surface area (Å²) >= 11 is 0. The monoisotopic (exact) mass is 354 g/mol. The fourth-order valence-corrected chi connectivity index (χ4v) is 3.38. The summed E-state index contributed by atoms with van der Waals surface area (Å²) in [6.45, 7) is 9.00. The number of hydrogen-bond donors (Lipinski definition) is 1. The van der Waals surface area contributed by atoms with E-state index in [2.05, 4.69) is 39.0 Å². The molecule has 6 nitrogen and oxygen atoms in total. The smallest absolute Gasteiger partial charge is 0.225 e. The highest BCUT2D eigenvalue weighted by Gasteiger charge is 2.15. The van der Waals surface area contributed by atoms with Crippen LogP contribution in [0.3, 0.4) is 0 Å². The van der Waals surface area contributed by atoms with E-state index in [0.29, 0.717) is 0 Å². The molecule has 2 aromatic heterocycles. The number of rotatable bonds is 5. The van der Waals surface area contributed by atoms with Crippen molar-refractivity contribution in [3.05, 3.63) is 41.2 Å². The van der Waals surface area contributed by atoms with Crippen molar-refractivity contribution >= 4 is 5.95 Å². The lowest BCUT2D eigenvalue weighted by molar-refractivity contribution is 0.546. The van der Waals surface area contributed by atoms with Crippen LogP contribution in [0.15, 0.2) is 18.6 Å². The van der Waals surface area contributed by atoms with E-state index < -0.39 is 0 Å². The predicted molar refractivity (Wildman–Crippen MR) is 104 cm³/mol. The van der Waals surface area contributed by atoms with Crippen molar-refractivity contribution in [3.63, 3.8) is 0 Å². The Morgan fingerprint density at radius 2 is 1.62 bits per heavy atom. The molecule has 1 N–H and O–H groups in total. The average Bonchev–Trinajstić information content (AvgIpc) is 2.60. The Morgan fingerprint density at radius 1 is 0.962 bits per heavy atom. The van der Waals surface area contributed by atoms with E-state index >= 15 is 0 Å². The Balaban J connectivity index is 1.63. The SMILES string of the molecule is Cc1ncc(CN[C@H](C)c2cnc(N3CCCCCCC3)nc2C)cn1. The molecule has 2 aromatic rings. The van der Waals surface area contributed by atoms with Gasteiger partial charge in [0, 0.05) is 61.1 Å². The fraction of sp³-hybridized carbons (Fsp3) is 0.600. The van der Waals surface area contributed by atoms with Crippen molar-refractivity contribution in [3.8, 4) is 0 Å². The summed E-state index contributed by atoms with van der Waals surface area (Å²) in [5.41, 5.74) is 3.28. The topological polar surface area (TPSA) is 66.8 Å². The standard InChI is InChI=1S/C20H30N6/c1-15(21-11-18-12-22-17(3)23-13-18)19-14-24-20(25-16(19)2)26-9-7-5-4-6-8-10-26/h12-15,21H,4-11H2,1-3H3/t15-/m1/s1. The first kappa shape index (κ1) is 18.7. The maximum Gasteiger partial charge on any atom is 0.225 e. The summed E-state index contributed by atoms with van der Waals surface area (Å²) in [5, 5.41) is 3.52. The number of nitrogens with one attached hydrogen (secondary N) is 1. The highest BCUT2D eigenvalue weighted by atomic mass is 15.2. The molecule has 0 radical (unpaired) electrons. The summed E-state index contributed by atoms with van der Waals surface area (Å²) in [4.78, 5) is 20.3. The van der Waals surface area contributed by atoms with Gasteiger partial charge in [0.05, 0.1) is 0 Å². The molecule has 3 rings (SSSR count). The third kappa shape index (κ3) is 4.97. The first-order valence-electron chi connectivity index (χ1n) is 9.73. The van der Waals surface area contributed by atoms with Gasteiger partial charge in [0.15, 0.2) is 0 Å². The molecule has 3 heterocycles. The fourth-order valence-electron chi connectivity index (χ4n) is 3.38. The summed E-state index contributed by atoms with van der Waals surface area (Å²) in [6, 6.07) is 0.178. The second-order valence-electron chi connectivity index (χ2n) is 7.21. The number of aryl methyl sites for hydroxylation is 2. The molecular formula is C20H30N6. The Bertz CT molecular complexity index is 692. The third-order valence-electron chi connectivity index (χ3n) is 5.06. The van der Waals surface area contributed by atoms with Gasteiger partial charge in [0.1, 0.15) is 5.82 Å². The second-order valence-corrected chi connectivity index (χ2v) is 7.21. The molecule has 1 saturated heterocycles. The molecule has 140 valence electrons. The largest absolute Gasteiger partial charge is 0.341 e. The van der Waals surface area contributed by atoms with E-state index in [1.807, 2.05) is 25.5 Å². The Hall–Kier alpha value is -2.08. The van der Waals surface area contributed by atoms with Crippen molar-refractivity contribution in [2.24, 2.45) is 0 Å². The van der Waals surface area contributed by atoms with Gasteiger partial charge in [-0.3, -0.25) is 0 Å². The molecule has 0 spiro atoms. The van der Waals surface area contributed by atoms with Crippen LogP contribution < -0.4 is 10.2 Å².